The van der Waals surface area contributed by atoms with Crippen LogP contribution < -0.4 is 0 Å². The normalized spacial score (nSPS) is 19.6. The van der Waals surface area contributed by atoms with E-state index in [1.165, 1.54) is 0 Å². The zero-order valence-corrected chi connectivity index (χ0v) is 16.8. The molecule has 1 amide bonds. The highest BCUT2D eigenvalue weighted by Gasteiger charge is 2.37. The molecule has 7 nitrogen and oxygen atoms in total. The largest absolute Gasteiger partial charge is 0.454 e. The van der Waals surface area contributed by atoms with Crippen molar-refractivity contribution in [2.24, 2.45) is 0 Å². The summed E-state index contributed by atoms with van der Waals surface area (Å²) < 4.78 is 13.9. The monoisotopic (exact) mass is 394 g/mol. The second kappa shape index (κ2) is 8.63. The number of hydrogen-bond acceptors (Lipinski definition) is 5. The summed E-state index contributed by atoms with van der Waals surface area (Å²) in [7, 11) is 4.03. The molecule has 152 valence electrons. The van der Waals surface area contributed by atoms with Crippen molar-refractivity contribution in [3.8, 4) is 0 Å². The van der Waals surface area contributed by atoms with Crippen molar-refractivity contribution in [3.05, 3.63) is 78.3 Å². The quantitative estimate of drug-likeness (QED) is 0.643. The van der Waals surface area contributed by atoms with E-state index in [0.29, 0.717) is 25.5 Å². The number of likely N-dealkylation sites (N-methyl/N-ethyl adjacent to an activating group) is 1. The molecule has 1 saturated heterocycles. The molecule has 0 radical (unpaired) electrons. The smallest absolute Gasteiger partial charge is 0.290 e. The minimum atomic E-state index is -0.165. The Morgan fingerprint density at radius 1 is 1.21 bits per heavy atom. The summed E-state index contributed by atoms with van der Waals surface area (Å²) in [6.45, 7) is 2.31. The van der Waals surface area contributed by atoms with Gasteiger partial charge in [-0.1, -0.05) is 30.3 Å². The molecule has 0 spiro atoms. The van der Waals surface area contributed by atoms with E-state index in [4.69, 9.17) is 9.15 Å². The molecule has 0 saturated carbocycles. The Kier molecular flexibility index (Phi) is 5.78. The Labute approximate surface area is 170 Å². The van der Waals surface area contributed by atoms with Gasteiger partial charge >= 0.3 is 0 Å². The summed E-state index contributed by atoms with van der Waals surface area (Å²) in [5.41, 5.74) is 1.07. The highest BCUT2D eigenvalue weighted by atomic mass is 16.5. The zero-order chi connectivity index (χ0) is 20.2. The number of morpholine rings is 1. The first-order chi connectivity index (χ1) is 14.1. The number of imidazole rings is 1. The molecule has 0 unspecified atom stereocenters. The molecule has 1 aliphatic heterocycles. The highest BCUT2D eigenvalue weighted by molar-refractivity contribution is 5.92. The summed E-state index contributed by atoms with van der Waals surface area (Å²) in [6.07, 6.45) is 5.20. The number of ether oxygens (including phenoxy) is 1. The lowest BCUT2D eigenvalue weighted by Crippen LogP contribution is -2.51. The summed E-state index contributed by atoms with van der Waals surface area (Å²) in [6, 6.07) is 13.5. The summed E-state index contributed by atoms with van der Waals surface area (Å²) in [5.74, 6) is 0.968. The number of furan rings is 1. The lowest BCUT2D eigenvalue weighted by molar-refractivity contribution is -0.0691. The van der Waals surface area contributed by atoms with Gasteiger partial charge in [-0.15, -0.1) is 0 Å². The molecule has 0 aliphatic carbocycles. The van der Waals surface area contributed by atoms with Crippen molar-refractivity contribution in [3.63, 3.8) is 0 Å². The van der Waals surface area contributed by atoms with Crippen LogP contribution in [0.1, 0.15) is 27.9 Å². The van der Waals surface area contributed by atoms with Crippen LogP contribution in [0.3, 0.4) is 0 Å². The zero-order valence-electron chi connectivity index (χ0n) is 16.8. The van der Waals surface area contributed by atoms with Gasteiger partial charge in [0.15, 0.2) is 5.76 Å². The molecule has 7 heteroatoms. The van der Waals surface area contributed by atoms with Crippen LogP contribution in [0.5, 0.6) is 0 Å². The van der Waals surface area contributed by atoms with Crippen molar-refractivity contribution < 1.29 is 13.9 Å². The number of amides is 1. The van der Waals surface area contributed by atoms with E-state index >= 15 is 0 Å². The third-order valence-electron chi connectivity index (χ3n) is 5.07. The Balaban J connectivity index is 1.59. The van der Waals surface area contributed by atoms with Crippen molar-refractivity contribution in [1.82, 2.24) is 19.4 Å². The van der Waals surface area contributed by atoms with Crippen LogP contribution in [-0.2, 0) is 11.3 Å². The first-order valence-electron chi connectivity index (χ1n) is 9.78. The van der Waals surface area contributed by atoms with Crippen molar-refractivity contribution in [2.75, 3.05) is 33.8 Å². The number of nitrogens with zero attached hydrogens (tertiary/aromatic N) is 4. The Morgan fingerprint density at radius 2 is 2.03 bits per heavy atom. The van der Waals surface area contributed by atoms with E-state index in [1.807, 2.05) is 54.0 Å². The summed E-state index contributed by atoms with van der Waals surface area (Å²) in [4.78, 5) is 21.4. The molecule has 29 heavy (non-hydrogen) atoms. The van der Waals surface area contributed by atoms with E-state index < -0.39 is 0 Å². The molecule has 0 N–H and O–H groups in total. The predicted molar refractivity (Wildman–Crippen MR) is 109 cm³/mol. The molecule has 2 atom stereocenters. The third kappa shape index (κ3) is 4.41. The first kappa shape index (κ1) is 19.4. The molecule has 0 bridgehead atoms. The Bertz CT molecular complexity index is 921. The van der Waals surface area contributed by atoms with Gasteiger partial charge in [-0.25, -0.2) is 4.98 Å². The molecule has 3 aromatic rings. The standard InChI is InChI=1S/C22H26N4O3/c1-24(2)15-20-21(17-6-4-3-5-7-17)26(12-13-28-20)22(27)19-9-8-18(29-19)14-25-11-10-23-16-25/h3-11,16,20-21H,12-15H2,1-2H3/t20-,21-/m0/s1. The second-order valence-electron chi connectivity index (χ2n) is 7.53. The van der Waals surface area contributed by atoms with Crippen molar-refractivity contribution in [1.29, 1.82) is 0 Å². The topological polar surface area (TPSA) is 63.7 Å². The van der Waals surface area contributed by atoms with E-state index in [9.17, 15) is 4.79 Å². The maximum atomic E-state index is 13.4. The van der Waals surface area contributed by atoms with Gasteiger partial charge in [0.1, 0.15) is 5.76 Å². The van der Waals surface area contributed by atoms with Crippen molar-refractivity contribution in [2.45, 2.75) is 18.7 Å². The molecular formula is C22H26N4O3. The van der Waals surface area contributed by atoms with E-state index in [-0.39, 0.29) is 18.1 Å². The number of carbonyl (C=O) groups is 1. The lowest BCUT2D eigenvalue weighted by atomic mass is 9.97. The fraction of sp³-hybridized carbons (Fsp3) is 0.364. The molecule has 2 aromatic heterocycles. The average molecular weight is 394 g/mol. The van der Waals surface area contributed by atoms with E-state index in [0.717, 1.165) is 17.9 Å². The van der Waals surface area contributed by atoms with Crippen LogP contribution in [0.25, 0.3) is 0 Å². The Hall–Kier alpha value is -2.90. The average Bonchev–Trinajstić information content (AvgIpc) is 3.40. The van der Waals surface area contributed by atoms with Gasteiger partial charge in [-0.3, -0.25) is 4.79 Å². The van der Waals surface area contributed by atoms with E-state index in [1.54, 1.807) is 18.6 Å². The second-order valence-corrected chi connectivity index (χ2v) is 7.53. The lowest BCUT2D eigenvalue weighted by Gasteiger charge is -2.42. The summed E-state index contributed by atoms with van der Waals surface area (Å²) in [5, 5.41) is 0. The number of carbonyl (C=O) groups excluding carboxylic acids is 1. The third-order valence-corrected chi connectivity index (χ3v) is 5.07. The van der Waals surface area contributed by atoms with Gasteiger partial charge in [-0.05, 0) is 31.8 Å². The van der Waals surface area contributed by atoms with Gasteiger partial charge in [0.2, 0.25) is 0 Å². The van der Waals surface area contributed by atoms with Crippen LogP contribution >= 0.6 is 0 Å². The van der Waals surface area contributed by atoms with Crippen molar-refractivity contribution >= 4 is 5.91 Å². The fourth-order valence-corrected chi connectivity index (χ4v) is 3.80. The molecule has 4 rings (SSSR count). The van der Waals surface area contributed by atoms with E-state index in [2.05, 4.69) is 22.0 Å². The van der Waals surface area contributed by atoms with Crippen LogP contribution in [0, 0.1) is 0 Å². The summed E-state index contributed by atoms with van der Waals surface area (Å²) >= 11 is 0. The predicted octanol–water partition coefficient (Wildman–Crippen LogP) is 2.67. The minimum Gasteiger partial charge on any atom is -0.454 e. The van der Waals surface area contributed by atoms with Crippen LogP contribution in [0.4, 0.5) is 0 Å². The highest BCUT2D eigenvalue weighted by Crippen LogP contribution is 2.31. The SMILES string of the molecule is CN(C)C[C@@H]1OCCN(C(=O)c2ccc(Cn3ccnc3)o2)[C@H]1c1ccccc1. The molecule has 1 aliphatic rings. The van der Waals surface area contributed by atoms with Gasteiger partial charge in [-0.2, -0.15) is 0 Å². The molecular weight excluding hydrogens is 368 g/mol. The van der Waals surface area contributed by atoms with Crippen LogP contribution in [0.2, 0.25) is 0 Å². The maximum absolute atomic E-state index is 13.4. The van der Waals surface area contributed by atoms with Gasteiger partial charge in [0, 0.05) is 25.5 Å². The molecule has 1 aromatic carbocycles. The first-order valence-corrected chi connectivity index (χ1v) is 9.78. The van der Waals surface area contributed by atoms with Crippen LogP contribution in [-0.4, -0.2) is 65.2 Å². The van der Waals surface area contributed by atoms with Gasteiger partial charge < -0.3 is 23.5 Å². The fourth-order valence-electron chi connectivity index (χ4n) is 3.80. The molecule has 3 heterocycles. The van der Waals surface area contributed by atoms with Gasteiger partial charge in [0.25, 0.3) is 5.91 Å². The number of rotatable bonds is 6. The number of benzene rings is 1. The van der Waals surface area contributed by atoms with Crippen LogP contribution in [0.15, 0.2) is 65.6 Å². The minimum absolute atomic E-state index is 0.106. The van der Waals surface area contributed by atoms with Gasteiger partial charge in [0.05, 0.1) is 31.6 Å². The molecule has 1 fully saturated rings. The maximum Gasteiger partial charge on any atom is 0.290 e. The Morgan fingerprint density at radius 3 is 2.76 bits per heavy atom. The number of hydrogen-bond donors (Lipinski definition) is 0. The number of aromatic nitrogens is 2.